The van der Waals surface area contributed by atoms with Crippen LogP contribution in [0.2, 0.25) is 0 Å². The predicted molar refractivity (Wildman–Crippen MR) is 72.7 cm³/mol. The van der Waals surface area contributed by atoms with Crippen LogP contribution in [0.4, 0.5) is 5.69 Å². The van der Waals surface area contributed by atoms with E-state index in [1.807, 2.05) is 30.3 Å². The maximum absolute atomic E-state index is 10.6. The molecule has 0 fully saturated rings. The van der Waals surface area contributed by atoms with Crippen LogP contribution in [0.15, 0.2) is 48.5 Å². The zero-order valence-corrected chi connectivity index (χ0v) is 9.45. The maximum atomic E-state index is 10.6. The number of nitrogens with zero attached hydrogens (tertiary/aromatic N) is 1. The fourth-order valence-corrected chi connectivity index (χ4v) is 1.48. The number of phenolic OH excluding ortho intramolecular Hbond substituents is 1. The van der Waals surface area contributed by atoms with E-state index in [9.17, 15) is 15.2 Å². The van der Waals surface area contributed by atoms with Crippen LogP contribution in [-0.4, -0.2) is 39.6 Å². The predicted octanol–water partition coefficient (Wildman–Crippen LogP) is 2.23. The summed E-state index contributed by atoms with van der Waals surface area (Å²) in [6, 6.07) is 13.4. The molecule has 0 aromatic heterocycles. The van der Waals surface area contributed by atoms with E-state index >= 15 is 0 Å². The van der Waals surface area contributed by atoms with Crippen LogP contribution in [-0.2, 0) is 6.61 Å². The first-order chi connectivity index (χ1) is 8.66. The summed E-state index contributed by atoms with van der Waals surface area (Å²) in [5.74, 6) is -0.0181. The molecule has 1 N–H and O–H groups in total. The average Bonchev–Trinajstić information content (AvgIpc) is 2.38. The van der Waals surface area contributed by atoms with E-state index in [4.69, 9.17) is 4.74 Å². The second kappa shape index (κ2) is 7.13. The number of hydrogen-bond donors (Lipinski definition) is 1. The van der Waals surface area contributed by atoms with Crippen molar-refractivity contribution in [1.82, 2.24) is 0 Å². The molecule has 0 bridgehead atoms. The van der Waals surface area contributed by atoms with Crippen molar-refractivity contribution in [2.24, 2.45) is 0 Å². The minimum absolute atomic E-state index is 0. The molecule has 0 amide bonds. The van der Waals surface area contributed by atoms with E-state index in [-0.39, 0.29) is 41.0 Å². The van der Waals surface area contributed by atoms with Gasteiger partial charge in [-0.15, -0.1) is 0 Å². The first-order valence-electron chi connectivity index (χ1n) is 5.31. The molecule has 0 saturated heterocycles. The number of hydrogen-bond acceptors (Lipinski definition) is 4. The fourth-order valence-electron chi connectivity index (χ4n) is 1.48. The standard InChI is InChI=1S/C13H11NO4.Na.H/c15-13-7-6-11(8-12(13)14(16)17)18-9-10-4-2-1-3-5-10;;/h1-8,15H,9H2;;. The molecule has 0 aliphatic rings. The van der Waals surface area contributed by atoms with E-state index < -0.39 is 4.92 Å². The summed E-state index contributed by atoms with van der Waals surface area (Å²) in [5, 5.41) is 19.9. The topological polar surface area (TPSA) is 72.6 Å². The van der Waals surface area contributed by atoms with Gasteiger partial charge in [0.1, 0.15) is 12.4 Å². The van der Waals surface area contributed by atoms with Crippen molar-refractivity contribution < 1.29 is 14.8 Å². The average molecular weight is 269 g/mol. The molecule has 5 nitrogen and oxygen atoms in total. The first kappa shape index (κ1) is 15.5. The third kappa shape index (κ3) is 4.24. The van der Waals surface area contributed by atoms with Gasteiger partial charge in [-0.3, -0.25) is 10.1 Å². The Morgan fingerprint density at radius 2 is 1.84 bits per heavy atom. The van der Waals surface area contributed by atoms with Crippen LogP contribution in [0.25, 0.3) is 0 Å². The van der Waals surface area contributed by atoms with Crippen molar-refractivity contribution in [1.29, 1.82) is 0 Å². The van der Waals surface area contributed by atoms with Crippen LogP contribution in [0.1, 0.15) is 5.56 Å². The van der Waals surface area contributed by atoms with Crippen LogP contribution >= 0.6 is 0 Å². The number of ether oxygens (including phenoxy) is 1. The monoisotopic (exact) mass is 269 g/mol. The molecule has 0 unspecified atom stereocenters. The van der Waals surface area contributed by atoms with Crippen molar-refractivity contribution in [3.63, 3.8) is 0 Å². The molecule has 0 radical (unpaired) electrons. The molecule has 19 heavy (non-hydrogen) atoms. The third-order valence-electron chi connectivity index (χ3n) is 2.39. The van der Waals surface area contributed by atoms with Gasteiger partial charge in [-0.2, -0.15) is 0 Å². The Bertz CT molecular complexity index is 560. The second-order valence-corrected chi connectivity index (χ2v) is 3.68. The van der Waals surface area contributed by atoms with Gasteiger partial charge in [-0.25, -0.2) is 0 Å². The molecule has 0 saturated carbocycles. The normalized spacial score (nSPS) is 9.47. The third-order valence-corrected chi connectivity index (χ3v) is 2.39. The fraction of sp³-hybridized carbons (Fsp3) is 0.0769. The number of benzene rings is 2. The quantitative estimate of drug-likeness (QED) is 0.525. The van der Waals surface area contributed by atoms with E-state index in [2.05, 4.69) is 0 Å². The van der Waals surface area contributed by atoms with Crippen LogP contribution in [0.5, 0.6) is 11.5 Å². The molecule has 0 aliphatic heterocycles. The Morgan fingerprint density at radius 3 is 2.47 bits per heavy atom. The van der Waals surface area contributed by atoms with Crippen molar-refractivity contribution in [3.8, 4) is 11.5 Å². The van der Waals surface area contributed by atoms with Gasteiger partial charge >= 0.3 is 35.2 Å². The van der Waals surface area contributed by atoms with Crippen molar-refractivity contribution >= 4 is 35.2 Å². The number of rotatable bonds is 4. The molecule has 2 aromatic carbocycles. The summed E-state index contributed by atoms with van der Waals surface area (Å²) in [4.78, 5) is 9.99. The Kier molecular flexibility index (Phi) is 5.82. The molecular formula is C13H12NNaO4. The Morgan fingerprint density at radius 1 is 1.16 bits per heavy atom. The van der Waals surface area contributed by atoms with Gasteiger partial charge in [0.15, 0.2) is 5.75 Å². The van der Waals surface area contributed by atoms with Crippen LogP contribution < -0.4 is 4.74 Å². The first-order valence-corrected chi connectivity index (χ1v) is 5.31. The number of phenols is 1. The summed E-state index contributed by atoms with van der Waals surface area (Å²) < 4.78 is 5.42. The molecule has 0 heterocycles. The Hall–Kier alpha value is -1.56. The molecule has 2 rings (SSSR count). The zero-order valence-electron chi connectivity index (χ0n) is 9.45. The van der Waals surface area contributed by atoms with Gasteiger partial charge in [-0.1, -0.05) is 30.3 Å². The number of nitro groups is 1. The van der Waals surface area contributed by atoms with E-state index in [0.717, 1.165) is 5.56 Å². The van der Waals surface area contributed by atoms with E-state index in [0.29, 0.717) is 12.4 Å². The summed E-state index contributed by atoms with van der Waals surface area (Å²) in [5.41, 5.74) is 0.605. The summed E-state index contributed by atoms with van der Waals surface area (Å²) in [7, 11) is 0. The summed E-state index contributed by atoms with van der Waals surface area (Å²) >= 11 is 0. The summed E-state index contributed by atoms with van der Waals surface area (Å²) in [6.07, 6.45) is 0. The second-order valence-electron chi connectivity index (χ2n) is 3.68. The molecule has 0 spiro atoms. The molecule has 2 aromatic rings. The molecule has 94 valence electrons. The SMILES string of the molecule is O=[N+]([O-])c1cc(OCc2ccccc2)ccc1O.[NaH]. The van der Waals surface area contributed by atoms with Gasteiger partial charge in [0.2, 0.25) is 0 Å². The van der Waals surface area contributed by atoms with Gasteiger partial charge < -0.3 is 9.84 Å². The Balaban J connectivity index is 0.00000180. The Labute approximate surface area is 132 Å². The van der Waals surface area contributed by atoms with E-state index in [1.54, 1.807) is 0 Å². The van der Waals surface area contributed by atoms with Gasteiger partial charge in [0.05, 0.1) is 11.0 Å². The van der Waals surface area contributed by atoms with Crippen molar-refractivity contribution in [2.45, 2.75) is 6.61 Å². The van der Waals surface area contributed by atoms with Gasteiger partial charge in [0.25, 0.3) is 0 Å². The molecule has 0 atom stereocenters. The van der Waals surface area contributed by atoms with Crippen molar-refractivity contribution in [3.05, 3.63) is 64.2 Å². The van der Waals surface area contributed by atoms with Crippen LogP contribution in [0.3, 0.4) is 0 Å². The number of nitro benzene ring substituents is 1. The minimum atomic E-state index is -0.648. The number of aromatic hydroxyl groups is 1. The van der Waals surface area contributed by atoms with Gasteiger partial charge in [0, 0.05) is 0 Å². The molecule has 6 heteroatoms. The molecular weight excluding hydrogens is 257 g/mol. The summed E-state index contributed by atoms with van der Waals surface area (Å²) in [6.45, 7) is 0.322. The van der Waals surface area contributed by atoms with Crippen molar-refractivity contribution in [2.75, 3.05) is 0 Å². The van der Waals surface area contributed by atoms with E-state index in [1.165, 1.54) is 18.2 Å². The van der Waals surface area contributed by atoms with Gasteiger partial charge in [-0.05, 0) is 17.7 Å². The zero-order chi connectivity index (χ0) is 13.0. The molecule has 0 aliphatic carbocycles. The van der Waals surface area contributed by atoms with Crippen LogP contribution in [0, 0.1) is 10.1 Å².